The predicted molar refractivity (Wildman–Crippen MR) is 103 cm³/mol. The van der Waals surface area contributed by atoms with Crippen LogP contribution in [0.2, 0.25) is 0 Å². The molecule has 0 fully saturated rings. The van der Waals surface area contributed by atoms with Crippen molar-refractivity contribution in [3.8, 4) is 17.6 Å². The zero-order valence-corrected chi connectivity index (χ0v) is 15.7. The van der Waals surface area contributed by atoms with Crippen LogP contribution in [0.25, 0.3) is 0 Å². The van der Waals surface area contributed by atoms with Crippen LogP contribution < -0.4 is 25.6 Å². The molecule has 3 N–H and O–H groups in total. The fraction of sp³-hybridized carbons (Fsp3) is 0.200. The highest BCUT2D eigenvalue weighted by molar-refractivity contribution is 5.96. The number of hydrazine groups is 1. The molecule has 0 aliphatic heterocycles. The summed E-state index contributed by atoms with van der Waals surface area (Å²) in [6, 6.07) is 14.9. The quantitative estimate of drug-likeness (QED) is 0.569. The lowest BCUT2D eigenvalue weighted by molar-refractivity contribution is -0.129. The van der Waals surface area contributed by atoms with Gasteiger partial charge in [-0.1, -0.05) is 12.1 Å². The standard InChI is InChI=1S/C20H20N4O5/c1-2-28-16-9-7-14(8-10-16)20(27)22-12-18(25)23-24-19(26)13-29-17-6-4-3-5-15(17)11-21/h3-10H,2,12-13H2,1H3,(H,22,27)(H,23,25)(H,24,26). The van der Waals surface area contributed by atoms with Crippen LogP contribution in [0.1, 0.15) is 22.8 Å². The molecule has 150 valence electrons. The number of nitrogens with one attached hydrogen (secondary N) is 3. The van der Waals surface area contributed by atoms with Gasteiger partial charge in [-0.3, -0.25) is 25.2 Å². The number of ether oxygens (including phenoxy) is 2. The van der Waals surface area contributed by atoms with Gasteiger partial charge in [-0.2, -0.15) is 5.26 Å². The fourth-order valence-corrected chi connectivity index (χ4v) is 2.18. The minimum atomic E-state index is -0.621. The van der Waals surface area contributed by atoms with Gasteiger partial charge in [0, 0.05) is 5.56 Å². The van der Waals surface area contributed by atoms with Gasteiger partial charge in [-0.25, -0.2) is 0 Å². The first-order valence-corrected chi connectivity index (χ1v) is 8.74. The Bertz CT molecular complexity index is 906. The molecule has 0 saturated carbocycles. The molecule has 0 spiro atoms. The van der Waals surface area contributed by atoms with E-state index in [4.69, 9.17) is 14.7 Å². The lowest BCUT2D eigenvalue weighted by Gasteiger charge is -2.10. The molecule has 0 radical (unpaired) electrons. The van der Waals surface area contributed by atoms with E-state index in [0.29, 0.717) is 23.5 Å². The summed E-state index contributed by atoms with van der Waals surface area (Å²) >= 11 is 0. The average molecular weight is 396 g/mol. The monoisotopic (exact) mass is 396 g/mol. The first kappa shape index (κ1) is 21.2. The number of nitriles is 1. The molecule has 0 aromatic heterocycles. The third-order valence-electron chi connectivity index (χ3n) is 3.54. The fourth-order valence-electron chi connectivity index (χ4n) is 2.18. The van der Waals surface area contributed by atoms with Crippen LogP contribution in [0, 0.1) is 11.3 Å². The minimum Gasteiger partial charge on any atom is -0.494 e. The summed E-state index contributed by atoms with van der Waals surface area (Å²) in [5.74, 6) is -0.770. The maximum Gasteiger partial charge on any atom is 0.276 e. The van der Waals surface area contributed by atoms with Gasteiger partial charge >= 0.3 is 0 Å². The molecule has 0 saturated heterocycles. The van der Waals surface area contributed by atoms with Crippen molar-refractivity contribution in [2.45, 2.75) is 6.92 Å². The van der Waals surface area contributed by atoms with Crippen LogP contribution >= 0.6 is 0 Å². The van der Waals surface area contributed by atoms with Crippen LogP contribution in [0.15, 0.2) is 48.5 Å². The smallest absolute Gasteiger partial charge is 0.276 e. The van der Waals surface area contributed by atoms with Crippen molar-refractivity contribution < 1.29 is 23.9 Å². The predicted octanol–water partition coefficient (Wildman–Crippen LogP) is 0.913. The summed E-state index contributed by atoms with van der Waals surface area (Å²) in [6.07, 6.45) is 0. The van der Waals surface area contributed by atoms with E-state index in [1.165, 1.54) is 0 Å². The number of carbonyl (C=O) groups is 3. The van der Waals surface area contributed by atoms with E-state index in [1.54, 1.807) is 48.5 Å². The highest BCUT2D eigenvalue weighted by Crippen LogP contribution is 2.16. The van der Waals surface area contributed by atoms with Crippen molar-refractivity contribution in [2.24, 2.45) is 0 Å². The highest BCUT2D eigenvalue weighted by Gasteiger charge is 2.10. The van der Waals surface area contributed by atoms with E-state index in [9.17, 15) is 14.4 Å². The number of benzene rings is 2. The van der Waals surface area contributed by atoms with Gasteiger partial charge in [0.1, 0.15) is 17.6 Å². The Labute approximate surface area is 167 Å². The molecular formula is C20H20N4O5. The van der Waals surface area contributed by atoms with Crippen molar-refractivity contribution in [1.29, 1.82) is 5.26 Å². The summed E-state index contributed by atoms with van der Waals surface area (Å²) in [5, 5.41) is 11.4. The Morgan fingerprint density at radius 2 is 1.66 bits per heavy atom. The van der Waals surface area contributed by atoms with Crippen LogP contribution in [-0.4, -0.2) is 37.5 Å². The SMILES string of the molecule is CCOc1ccc(C(=O)NCC(=O)NNC(=O)COc2ccccc2C#N)cc1. The van der Waals surface area contributed by atoms with Crippen molar-refractivity contribution in [1.82, 2.24) is 16.2 Å². The Balaban J connectivity index is 1.70. The highest BCUT2D eigenvalue weighted by atomic mass is 16.5. The molecule has 2 rings (SSSR count). The van der Waals surface area contributed by atoms with Gasteiger partial charge in [0.15, 0.2) is 6.61 Å². The van der Waals surface area contributed by atoms with Crippen molar-refractivity contribution in [3.05, 3.63) is 59.7 Å². The van der Waals surface area contributed by atoms with Gasteiger partial charge < -0.3 is 14.8 Å². The number of para-hydroxylation sites is 1. The molecule has 2 aromatic carbocycles. The summed E-state index contributed by atoms with van der Waals surface area (Å²) in [7, 11) is 0. The van der Waals surface area contributed by atoms with Gasteiger partial charge in [0.25, 0.3) is 17.7 Å². The summed E-state index contributed by atoms with van der Waals surface area (Å²) in [4.78, 5) is 35.5. The Hall–Kier alpha value is -4.06. The third-order valence-corrected chi connectivity index (χ3v) is 3.54. The summed E-state index contributed by atoms with van der Waals surface area (Å²) in [6.45, 7) is 1.66. The zero-order chi connectivity index (χ0) is 21.1. The van der Waals surface area contributed by atoms with Gasteiger partial charge in [0.2, 0.25) is 0 Å². The molecule has 3 amide bonds. The molecule has 9 nitrogen and oxygen atoms in total. The molecule has 2 aromatic rings. The summed E-state index contributed by atoms with van der Waals surface area (Å²) in [5.41, 5.74) is 4.99. The first-order valence-electron chi connectivity index (χ1n) is 8.74. The topological polar surface area (TPSA) is 130 Å². The van der Waals surface area contributed by atoms with Gasteiger partial charge in [-0.05, 0) is 43.3 Å². The molecule has 0 unspecified atom stereocenters. The minimum absolute atomic E-state index is 0.263. The largest absolute Gasteiger partial charge is 0.494 e. The molecule has 0 bridgehead atoms. The van der Waals surface area contributed by atoms with E-state index < -0.39 is 24.3 Å². The van der Waals surface area contributed by atoms with E-state index in [1.807, 2.05) is 13.0 Å². The van der Waals surface area contributed by atoms with Crippen molar-refractivity contribution in [3.63, 3.8) is 0 Å². The lowest BCUT2D eigenvalue weighted by atomic mass is 10.2. The molecule has 0 aliphatic rings. The van der Waals surface area contributed by atoms with E-state index in [0.717, 1.165) is 0 Å². The van der Waals surface area contributed by atoms with E-state index in [-0.39, 0.29) is 12.3 Å². The maximum atomic E-state index is 12.0. The Kier molecular flexibility index (Phi) is 8.01. The molecular weight excluding hydrogens is 376 g/mol. The number of rotatable bonds is 8. The molecule has 0 aliphatic carbocycles. The molecule has 0 heterocycles. The van der Waals surface area contributed by atoms with Gasteiger partial charge in [0.05, 0.1) is 18.7 Å². The number of hydrogen-bond acceptors (Lipinski definition) is 6. The Morgan fingerprint density at radius 1 is 0.966 bits per heavy atom. The van der Waals surface area contributed by atoms with Crippen LogP contribution in [-0.2, 0) is 9.59 Å². The van der Waals surface area contributed by atoms with Crippen molar-refractivity contribution in [2.75, 3.05) is 19.8 Å². The van der Waals surface area contributed by atoms with E-state index >= 15 is 0 Å². The van der Waals surface area contributed by atoms with E-state index in [2.05, 4.69) is 16.2 Å². The molecule has 0 atom stereocenters. The third kappa shape index (κ3) is 6.88. The number of nitrogens with zero attached hydrogens (tertiary/aromatic N) is 1. The first-order chi connectivity index (χ1) is 14.0. The molecule has 29 heavy (non-hydrogen) atoms. The second kappa shape index (κ2) is 10.9. The van der Waals surface area contributed by atoms with Crippen LogP contribution in [0.3, 0.4) is 0 Å². The zero-order valence-electron chi connectivity index (χ0n) is 15.7. The van der Waals surface area contributed by atoms with Crippen LogP contribution in [0.4, 0.5) is 0 Å². The van der Waals surface area contributed by atoms with Crippen LogP contribution in [0.5, 0.6) is 11.5 Å². The van der Waals surface area contributed by atoms with Crippen molar-refractivity contribution >= 4 is 17.7 Å². The Morgan fingerprint density at radius 3 is 2.34 bits per heavy atom. The average Bonchev–Trinajstić information content (AvgIpc) is 2.75. The second-order valence-corrected chi connectivity index (χ2v) is 5.63. The number of carbonyl (C=O) groups excluding carboxylic acids is 3. The lowest BCUT2D eigenvalue weighted by Crippen LogP contribution is -2.47. The maximum absolute atomic E-state index is 12.0. The van der Waals surface area contributed by atoms with Gasteiger partial charge in [-0.15, -0.1) is 0 Å². The number of amides is 3. The number of hydrogen-bond donors (Lipinski definition) is 3. The summed E-state index contributed by atoms with van der Waals surface area (Å²) < 4.78 is 10.5. The second-order valence-electron chi connectivity index (χ2n) is 5.63. The molecule has 9 heteroatoms. The normalized spacial score (nSPS) is 9.66.